The maximum absolute atomic E-state index is 13.2. The normalized spacial score (nSPS) is 14.0. The molecule has 1 unspecified atom stereocenters. The summed E-state index contributed by atoms with van der Waals surface area (Å²) in [6, 6.07) is 13.3. The summed E-state index contributed by atoms with van der Waals surface area (Å²) >= 11 is 0. The smallest absolute Gasteiger partial charge is 0.123 e. The van der Waals surface area contributed by atoms with Crippen molar-refractivity contribution in [3.05, 3.63) is 71.0 Å². The van der Waals surface area contributed by atoms with E-state index in [-0.39, 0.29) is 12.4 Å². The first kappa shape index (κ1) is 17.6. The van der Waals surface area contributed by atoms with Gasteiger partial charge in [-0.25, -0.2) is 4.39 Å². The standard InChI is InChI=1S/C19H24FNO2/c1-21(2)12-4-11-19(23,16-7-9-18(20)10-8-16)17-6-3-5-15(13-17)14-22/h3,5-10,13,22-23H,4,11-12,14H2,1-2H3. The van der Waals surface area contributed by atoms with E-state index in [9.17, 15) is 14.6 Å². The van der Waals surface area contributed by atoms with Crippen LogP contribution < -0.4 is 0 Å². The highest BCUT2D eigenvalue weighted by Gasteiger charge is 2.31. The first-order chi connectivity index (χ1) is 11.0. The van der Waals surface area contributed by atoms with Crippen LogP contribution in [0.4, 0.5) is 4.39 Å². The van der Waals surface area contributed by atoms with Gasteiger partial charge < -0.3 is 15.1 Å². The fourth-order valence-electron chi connectivity index (χ4n) is 2.76. The number of rotatable bonds is 7. The molecule has 124 valence electrons. The molecule has 0 spiro atoms. The van der Waals surface area contributed by atoms with Gasteiger partial charge in [0.2, 0.25) is 0 Å². The molecule has 4 heteroatoms. The fourth-order valence-corrected chi connectivity index (χ4v) is 2.76. The van der Waals surface area contributed by atoms with Crippen LogP contribution in [0.25, 0.3) is 0 Å². The van der Waals surface area contributed by atoms with E-state index in [1.807, 2.05) is 32.3 Å². The van der Waals surface area contributed by atoms with Crippen LogP contribution in [0.3, 0.4) is 0 Å². The van der Waals surface area contributed by atoms with Crippen LogP contribution in [-0.4, -0.2) is 35.8 Å². The van der Waals surface area contributed by atoms with Gasteiger partial charge in [0, 0.05) is 0 Å². The van der Waals surface area contributed by atoms with E-state index in [1.54, 1.807) is 18.2 Å². The Balaban J connectivity index is 2.38. The van der Waals surface area contributed by atoms with Crippen molar-refractivity contribution in [2.24, 2.45) is 0 Å². The molecule has 0 saturated carbocycles. The van der Waals surface area contributed by atoms with Crippen LogP contribution in [-0.2, 0) is 12.2 Å². The summed E-state index contributed by atoms with van der Waals surface area (Å²) in [4.78, 5) is 2.06. The van der Waals surface area contributed by atoms with Gasteiger partial charge >= 0.3 is 0 Å². The minimum atomic E-state index is -1.20. The molecule has 0 amide bonds. The number of aliphatic hydroxyl groups excluding tert-OH is 1. The summed E-state index contributed by atoms with van der Waals surface area (Å²) in [5, 5.41) is 20.7. The maximum atomic E-state index is 13.2. The lowest BCUT2D eigenvalue weighted by Gasteiger charge is -2.30. The number of hydrogen-bond donors (Lipinski definition) is 2. The highest BCUT2D eigenvalue weighted by Crippen LogP contribution is 2.34. The van der Waals surface area contributed by atoms with Gasteiger partial charge in [0.25, 0.3) is 0 Å². The summed E-state index contributed by atoms with van der Waals surface area (Å²) in [6.45, 7) is 0.772. The summed E-state index contributed by atoms with van der Waals surface area (Å²) in [6.07, 6.45) is 1.32. The van der Waals surface area contributed by atoms with Crippen molar-refractivity contribution in [2.75, 3.05) is 20.6 Å². The summed E-state index contributed by atoms with van der Waals surface area (Å²) in [5.41, 5.74) is 0.923. The Hall–Kier alpha value is -1.75. The molecule has 0 radical (unpaired) electrons. The Bertz CT molecular complexity index is 628. The molecule has 0 aliphatic heterocycles. The molecule has 0 fully saturated rings. The average Bonchev–Trinajstić information content (AvgIpc) is 2.55. The topological polar surface area (TPSA) is 43.7 Å². The number of aliphatic hydroxyl groups is 2. The maximum Gasteiger partial charge on any atom is 0.123 e. The van der Waals surface area contributed by atoms with Crippen LogP contribution >= 0.6 is 0 Å². The van der Waals surface area contributed by atoms with Gasteiger partial charge in [-0.3, -0.25) is 0 Å². The van der Waals surface area contributed by atoms with E-state index in [0.717, 1.165) is 24.1 Å². The van der Waals surface area contributed by atoms with Crippen molar-refractivity contribution >= 4 is 0 Å². The van der Waals surface area contributed by atoms with E-state index in [2.05, 4.69) is 4.90 Å². The summed E-state index contributed by atoms with van der Waals surface area (Å²) < 4.78 is 13.2. The van der Waals surface area contributed by atoms with E-state index >= 15 is 0 Å². The molecule has 2 rings (SSSR count). The minimum Gasteiger partial charge on any atom is -0.392 e. The number of hydrogen-bond acceptors (Lipinski definition) is 3. The molecule has 23 heavy (non-hydrogen) atoms. The molecular formula is C19H24FNO2. The van der Waals surface area contributed by atoms with Crippen LogP contribution in [0.1, 0.15) is 29.5 Å². The van der Waals surface area contributed by atoms with Crippen molar-refractivity contribution in [1.82, 2.24) is 4.90 Å². The molecular weight excluding hydrogens is 293 g/mol. The molecule has 0 aliphatic carbocycles. The molecule has 0 saturated heterocycles. The van der Waals surface area contributed by atoms with Gasteiger partial charge in [-0.1, -0.05) is 36.4 Å². The van der Waals surface area contributed by atoms with E-state index < -0.39 is 5.60 Å². The second-order valence-electron chi connectivity index (χ2n) is 6.13. The highest BCUT2D eigenvalue weighted by atomic mass is 19.1. The molecule has 0 bridgehead atoms. The van der Waals surface area contributed by atoms with E-state index in [1.165, 1.54) is 12.1 Å². The van der Waals surface area contributed by atoms with Crippen molar-refractivity contribution in [2.45, 2.75) is 25.0 Å². The van der Waals surface area contributed by atoms with Gasteiger partial charge in [-0.15, -0.1) is 0 Å². The third-order valence-electron chi connectivity index (χ3n) is 4.05. The first-order valence-corrected chi connectivity index (χ1v) is 7.79. The minimum absolute atomic E-state index is 0.0783. The van der Waals surface area contributed by atoms with E-state index in [4.69, 9.17) is 0 Å². The van der Waals surface area contributed by atoms with Crippen molar-refractivity contribution < 1.29 is 14.6 Å². The highest BCUT2D eigenvalue weighted by molar-refractivity contribution is 5.38. The van der Waals surface area contributed by atoms with E-state index in [0.29, 0.717) is 12.0 Å². The number of benzene rings is 2. The molecule has 0 aliphatic rings. The largest absolute Gasteiger partial charge is 0.392 e. The van der Waals surface area contributed by atoms with Gasteiger partial charge in [-0.05, 0) is 62.3 Å². The van der Waals surface area contributed by atoms with Gasteiger partial charge in [0.1, 0.15) is 11.4 Å². The predicted octanol–water partition coefficient (Wildman–Crippen LogP) is 2.90. The van der Waals surface area contributed by atoms with Crippen molar-refractivity contribution in [3.63, 3.8) is 0 Å². The molecule has 0 aromatic heterocycles. The van der Waals surface area contributed by atoms with Crippen LogP contribution in [0.5, 0.6) is 0 Å². The fraction of sp³-hybridized carbons (Fsp3) is 0.368. The van der Waals surface area contributed by atoms with Gasteiger partial charge in [0.05, 0.1) is 6.61 Å². The second-order valence-corrected chi connectivity index (χ2v) is 6.13. The third-order valence-corrected chi connectivity index (χ3v) is 4.05. The quantitative estimate of drug-likeness (QED) is 0.825. The van der Waals surface area contributed by atoms with Crippen LogP contribution in [0.15, 0.2) is 48.5 Å². The van der Waals surface area contributed by atoms with Crippen molar-refractivity contribution in [3.8, 4) is 0 Å². The Kier molecular flexibility index (Phi) is 5.88. The molecule has 1 atom stereocenters. The van der Waals surface area contributed by atoms with Crippen LogP contribution in [0, 0.1) is 5.82 Å². The summed E-state index contributed by atoms with van der Waals surface area (Å²) in [7, 11) is 3.98. The molecule has 2 N–H and O–H groups in total. The Labute approximate surface area is 137 Å². The monoisotopic (exact) mass is 317 g/mol. The zero-order valence-corrected chi connectivity index (χ0v) is 13.7. The number of nitrogens with zero attached hydrogens (tertiary/aromatic N) is 1. The van der Waals surface area contributed by atoms with Gasteiger partial charge in [-0.2, -0.15) is 0 Å². The lowest BCUT2D eigenvalue weighted by Crippen LogP contribution is -2.29. The predicted molar refractivity (Wildman–Crippen MR) is 89.6 cm³/mol. The third kappa shape index (κ3) is 4.38. The zero-order chi connectivity index (χ0) is 16.9. The van der Waals surface area contributed by atoms with Crippen molar-refractivity contribution in [1.29, 1.82) is 0 Å². The Morgan fingerprint density at radius 2 is 1.74 bits per heavy atom. The lowest BCUT2D eigenvalue weighted by molar-refractivity contribution is 0.0662. The molecule has 0 heterocycles. The zero-order valence-electron chi connectivity index (χ0n) is 13.7. The van der Waals surface area contributed by atoms with Crippen LogP contribution in [0.2, 0.25) is 0 Å². The average molecular weight is 317 g/mol. The number of halogens is 1. The van der Waals surface area contributed by atoms with Gasteiger partial charge in [0.15, 0.2) is 0 Å². The molecule has 2 aromatic rings. The Morgan fingerprint density at radius 1 is 1.04 bits per heavy atom. The second kappa shape index (κ2) is 7.68. The molecule has 2 aromatic carbocycles. The Morgan fingerprint density at radius 3 is 2.35 bits per heavy atom. The lowest BCUT2D eigenvalue weighted by atomic mass is 9.82. The molecule has 3 nitrogen and oxygen atoms in total. The first-order valence-electron chi connectivity index (χ1n) is 7.79. The summed E-state index contributed by atoms with van der Waals surface area (Å²) in [5.74, 6) is -0.325. The SMILES string of the molecule is CN(C)CCCC(O)(c1ccc(F)cc1)c1cccc(CO)c1.